The van der Waals surface area contributed by atoms with E-state index in [4.69, 9.17) is 0 Å². The van der Waals surface area contributed by atoms with Gasteiger partial charge in [-0.15, -0.1) is 0 Å². The number of nitrogens with zero attached hydrogens (tertiary/aromatic N) is 3. The molecule has 0 bridgehead atoms. The van der Waals surface area contributed by atoms with Crippen molar-refractivity contribution in [2.24, 2.45) is 7.05 Å². The summed E-state index contributed by atoms with van der Waals surface area (Å²) in [5, 5.41) is 0. The summed E-state index contributed by atoms with van der Waals surface area (Å²) in [5.41, 5.74) is 2.25. The van der Waals surface area contributed by atoms with Gasteiger partial charge in [0.2, 0.25) is 0 Å². The smallest absolute Gasteiger partial charge is 0.180 e. The number of hydrogen-bond acceptors (Lipinski definition) is 4. The molecular weight excluding hydrogens is 458 g/mol. The molecule has 8 heteroatoms. The molecule has 1 saturated carbocycles. The summed E-state index contributed by atoms with van der Waals surface area (Å²) >= 11 is 6.65. The van der Waals surface area contributed by atoms with E-state index in [2.05, 4.69) is 41.8 Å². The van der Waals surface area contributed by atoms with Crippen molar-refractivity contribution < 1.29 is 8.42 Å². The standard InChI is InChI=1S/C16H17Br2N3O2S/c1-3-24(22,23)13-6-11(10-4-5-10)8-19-15(13)16-20-9-12(21(16)2)7-14(17)18/h6-10H,3-5H2,1-2H3. The molecule has 1 aliphatic rings. The van der Waals surface area contributed by atoms with Crippen LogP contribution in [-0.2, 0) is 16.9 Å². The molecule has 0 aliphatic heterocycles. The van der Waals surface area contributed by atoms with Crippen LogP contribution in [0.15, 0.2) is 26.7 Å². The fourth-order valence-electron chi connectivity index (χ4n) is 2.55. The summed E-state index contributed by atoms with van der Waals surface area (Å²) in [5.74, 6) is 1.03. The van der Waals surface area contributed by atoms with Crippen LogP contribution < -0.4 is 0 Å². The first-order valence-electron chi connectivity index (χ1n) is 7.61. The van der Waals surface area contributed by atoms with Crippen molar-refractivity contribution in [1.82, 2.24) is 14.5 Å². The molecule has 0 saturated heterocycles. The van der Waals surface area contributed by atoms with Crippen molar-refractivity contribution in [3.63, 3.8) is 0 Å². The maximum Gasteiger partial charge on any atom is 0.180 e. The quantitative estimate of drug-likeness (QED) is 0.649. The van der Waals surface area contributed by atoms with Gasteiger partial charge in [-0.2, -0.15) is 0 Å². The summed E-state index contributed by atoms with van der Waals surface area (Å²) in [6.07, 6.45) is 7.53. The third-order valence-corrected chi connectivity index (χ3v) is 6.33. The number of aromatic nitrogens is 3. The van der Waals surface area contributed by atoms with Crippen molar-refractivity contribution in [3.05, 3.63) is 33.1 Å². The molecule has 3 rings (SSSR count). The second-order valence-corrected chi connectivity index (χ2v) is 10.8. The minimum atomic E-state index is -3.39. The van der Waals surface area contributed by atoms with E-state index in [1.807, 2.05) is 17.7 Å². The lowest BCUT2D eigenvalue weighted by atomic mass is 10.2. The Morgan fingerprint density at radius 3 is 2.62 bits per heavy atom. The minimum absolute atomic E-state index is 0.0416. The molecule has 2 aromatic rings. The highest BCUT2D eigenvalue weighted by Gasteiger charge is 2.28. The molecule has 2 aromatic heterocycles. The number of hydrogen-bond donors (Lipinski definition) is 0. The monoisotopic (exact) mass is 473 g/mol. The van der Waals surface area contributed by atoms with Gasteiger partial charge in [-0.3, -0.25) is 4.98 Å². The molecule has 0 radical (unpaired) electrons. The molecule has 0 aromatic carbocycles. The Morgan fingerprint density at radius 2 is 2.04 bits per heavy atom. The summed E-state index contributed by atoms with van der Waals surface area (Å²) in [7, 11) is -1.54. The van der Waals surface area contributed by atoms with Crippen LogP contribution in [0.5, 0.6) is 0 Å². The van der Waals surface area contributed by atoms with Gasteiger partial charge >= 0.3 is 0 Å². The summed E-state index contributed by atoms with van der Waals surface area (Å²) < 4.78 is 27.8. The average molecular weight is 475 g/mol. The van der Waals surface area contributed by atoms with Gasteiger partial charge in [0.15, 0.2) is 15.7 Å². The normalized spacial score (nSPS) is 14.7. The van der Waals surface area contributed by atoms with E-state index < -0.39 is 9.84 Å². The van der Waals surface area contributed by atoms with Gasteiger partial charge in [0, 0.05) is 13.2 Å². The molecule has 0 unspecified atom stereocenters. The van der Waals surface area contributed by atoms with Crippen molar-refractivity contribution in [2.75, 3.05) is 5.75 Å². The van der Waals surface area contributed by atoms with E-state index in [-0.39, 0.29) is 10.6 Å². The highest BCUT2D eigenvalue weighted by Crippen LogP contribution is 2.41. The molecule has 1 fully saturated rings. The lowest BCUT2D eigenvalue weighted by Gasteiger charge is -2.11. The molecule has 5 nitrogen and oxygen atoms in total. The molecule has 2 heterocycles. The predicted molar refractivity (Wildman–Crippen MR) is 102 cm³/mol. The summed E-state index contributed by atoms with van der Waals surface area (Å²) in [6, 6.07) is 1.78. The zero-order chi connectivity index (χ0) is 17.5. The Balaban J connectivity index is 2.17. The topological polar surface area (TPSA) is 64.8 Å². The maximum absolute atomic E-state index is 12.6. The van der Waals surface area contributed by atoms with E-state index in [1.165, 1.54) is 0 Å². The Labute approximate surface area is 158 Å². The Kier molecular flexibility index (Phi) is 4.99. The van der Waals surface area contributed by atoms with E-state index in [0.29, 0.717) is 17.4 Å². The van der Waals surface area contributed by atoms with Crippen LogP contribution in [0.1, 0.15) is 36.9 Å². The van der Waals surface area contributed by atoms with Crippen molar-refractivity contribution in [1.29, 1.82) is 0 Å². The highest BCUT2D eigenvalue weighted by atomic mass is 79.9. The zero-order valence-corrected chi connectivity index (χ0v) is 17.3. The maximum atomic E-state index is 12.6. The first-order chi connectivity index (χ1) is 11.3. The van der Waals surface area contributed by atoms with Crippen LogP contribution in [0.2, 0.25) is 0 Å². The number of rotatable bonds is 5. The molecule has 0 amide bonds. The van der Waals surface area contributed by atoms with Crippen LogP contribution in [0.3, 0.4) is 0 Å². The molecule has 128 valence electrons. The summed E-state index contributed by atoms with van der Waals surface area (Å²) in [6.45, 7) is 1.65. The SMILES string of the molecule is CCS(=O)(=O)c1cc(C2CC2)cnc1-c1ncc(C=C(Br)Br)n1C. The lowest BCUT2D eigenvalue weighted by molar-refractivity contribution is 0.597. The Morgan fingerprint density at radius 1 is 1.33 bits per heavy atom. The number of pyridine rings is 1. The second-order valence-electron chi connectivity index (χ2n) is 5.79. The van der Waals surface area contributed by atoms with Crippen molar-refractivity contribution >= 4 is 47.8 Å². The number of sulfone groups is 1. The first-order valence-corrected chi connectivity index (χ1v) is 10.8. The third kappa shape index (κ3) is 3.50. The molecular formula is C16H17Br2N3O2S. The van der Waals surface area contributed by atoms with E-state index in [1.54, 1.807) is 25.4 Å². The minimum Gasteiger partial charge on any atom is -0.326 e. The third-order valence-electron chi connectivity index (χ3n) is 4.13. The van der Waals surface area contributed by atoms with Crippen LogP contribution in [0.25, 0.3) is 17.6 Å². The van der Waals surface area contributed by atoms with E-state index in [9.17, 15) is 8.42 Å². The van der Waals surface area contributed by atoms with Crippen LogP contribution in [0, 0.1) is 0 Å². The predicted octanol–water partition coefficient (Wildman–Crippen LogP) is 4.24. The number of halogens is 2. The van der Waals surface area contributed by atoms with Crippen LogP contribution >= 0.6 is 31.9 Å². The summed E-state index contributed by atoms with van der Waals surface area (Å²) in [4.78, 5) is 9.13. The second kappa shape index (κ2) is 6.72. The molecule has 0 spiro atoms. The lowest BCUT2D eigenvalue weighted by Crippen LogP contribution is -2.09. The van der Waals surface area contributed by atoms with E-state index in [0.717, 1.165) is 27.5 Å². The van der Waals surface area contributed by atoms with Gasteiger partial charge in [0.05, 0.1) is 25.9 Å². The Hall–Kier alpha value is -0.990. The Bertz CT molecular complexity index is 911. The molecule has 0 atom stereocenters. The fourth-order valence-corrected chi connectivity index (χ4v) is 4.08. The van der Waals surface area contributed by atoms with Gasteiger partial charge in [-0.25, -0.2) is 13.4 Å². The van der Waals surface area contributed by atoms with Crippen molar-refractivity contribution in [2.45, 2.75) is 30.6 Å². The van der Waals surface area contributed by atoms with E-state index >= 15 is 0 Å². The zero-order valence-electron chi connectivity index (χ0n) is 13.3. The van der Waals surface area contributed by atoms with Crippen LogP contribution in [0.4, 0.5) is 0 Å². The number of imidazole rings is 1. The van der Waals surface area contributed by atoms with Gasteiger partial charge in [0.25, 0.3) is 0 Å². The van der Waals surface area contributed by atoms with Gasteiger partial charge in [-0.05, 0) is 68.3 Å². The first kappa shape index (κ1) is 17.8. The fraction of sp³-hybridized carbons (Fsp3) is 0.375. The molecule has 1 aliphatic carbocycles. The van der Waals surface area contributed by atoms with Crippen molar-refractivity contribution in [3.8, 4) is 11.5 Å². The van der Waals surface area contributed by atoms with Gasteiger partial charge in [-0.1, -0.05) is 6.92 Å². The molecule has 0 N–H and O–H groups in total. The van der Waals surface area contributed by atoms with Crippen LogP contribution in [-0.4, -0.2) is 28.7 Å². The highest BCUT2D eigenvalue weighted by molar-refractivity contribution is 9.28. The largest absolute Gasteiger partial charge is 0.326 e. The average Bonchev–Trinajstić information content (AvgIpc) is 3.33. The van der Waals surface area contributed by atoms with Gasteiger partial charge < -0.3 is 4.57 Å². The molecule has 24 heavy (non-hydrogen) atoms. The van der Waals surface area contributed by atoms with Gasteiger partial charge in [0.1, 0.15) is 5.69 Å².